The average Bonchev–Trinajstić information content (AvgIpc) is 3.12. The topological polar surface area (TPSA) is 68.2 Å². The summed E-state index contributed by atoms with van der Waals surface area (Å²) in [5.41, 5.74) is 0. The van der Waals surface area contributed by atoms with Crippen LogP contribution < -0.4 is 0 Å². The molecule has 0 aliphatic carbocycles. The lowest BCUT2D eigenvalue weighted by atomic mass is 9.90. The Morgan fingerprint density at radius 1 is 1.07 bits per heavy atom. The number of rotatable bonds is 5. The zero-order chi connectivity index (χ0) is 21.6. The molecule has 4 rings (SSSR count). The van der Waals surface area contributed by atoms with Crippen LogP contribution in [0.1, 0.15) is 32.1 Å². The highest BCUT2D eigenvalue weighted by molar-refractivity contribution is 8.01. The molecule has 1 spiro atoms. The predicted molar refractivity (Wildman–Crippen MR) is 107 cm³/mol. The van der Waals surface area contributed by atoms with E-state index >= 15 is 0 Å². The van der Waals surface area contributed by atoms with Gasteiger partial charge in [-0.2, -0.15) is 13.2 Å². The van der Waals surface area contributed by atoms with Crippen molar-refractivity contribution in [1.29, 1.82) is 0 Å². The Morgan fingerprint density at radius 2 is 1.60 bits per heavy atom. The van der Waals surface area contributed by atoms with Crippen LogP contribution in [0.2, 0.25) is 0 Å². The number of hydrogen-bond acceptors (Lipinski definition) is 6. The fraction of sp³-hybridized carbons (Fsp3) is 0.950. The van der Waals surface area contributed by atoms with Gasteiger partial charge in [0.15, 0.2) is 0 Å². The second-order valence-electron chi connectivity index (χ2n) is 8.74. The van der Waals surface area contributed by atoms with E-state index in [0.29, 0.717) is 10.9 Å². The molecule has 0 amide bonds. The van der Waals surface area contributed by atoms with Crippen LogP contribution in [0.3, 0.4) is 0 Å². The summed E-state index contributed by atoms with van der Waals surface area (Å²) in [4.78, 5) is 11.6. The first-order chi connectivity index (χ1) is 14.3. The lowest BCUT2D eigenvalue weighted by Gasteiger charge is -2.49. The molecule has 4 fully saturated rings. The molecule has 4 saturated heterocycles. The first kappa shape index (κ1) is 24.1. The van der Waals surface area contributed by atoms with Crippen LogP contribution >= 0.6 is 11.8 Å². The SMILES string of the molecule is C1CC(COC2CSC3(C2)CN(CC2CCOCC2)C3)CCO1.O=C(O)C(F)(F)F. The summed E-state index contributed by atoms with van der Waals surface area (Å²) in [5, 5.41) is 7.12. The summed E-state index contributed by atoms with van der Waals surface area (Å²) < 4.78 is 49.4. The molecular formula is C20H32F3NO5S. The number of thioether (sulfide) groups is 1. The van der Waals surface area contributed by atoms with Crippen LogP contribution in [0.4, 0.5) is 13.2 Å². The number of aliphatic carboxylic acids is 1. The van der Waals surface area contributed by atoms with E-state index < -0.39 is 12.1 Å². The highest BCUT2D eigenvalue weighted by Gasteiger charge is 2.49. The molecule has 4 aliphatic heterocycles. The van der Waals surface area contributed by atoms with Crippen molar-refractivity contribution >= 4 is 17.7 Å². The van der Waals surface area contributed by atoms with Gasteiger partial charge in [0.05, 0.1) is 6.10 Å². The minimum atomic E-state index is -5.08. The van der Waals surface area contributed by atoms with Gasteiger partial charge in [0.25, 0.3) is 0 Å². The van der Waals surface area contributed by atoms with Gasteiger partial charge < -0.3 is 24.2 Å². The molecule has 1 N–H and O–H groups in total. The highest BCUT2D eigenvalue weighted by atomic mass is 32.2. The minimum Gasteiger partial charge on any atom is -0.475 e. The van der Waals surface area contributed by atoms with Crippen molar-refractivity contribution in [2.75, 3.05) is 58.4 Å². The monoisotopic (exact) mass is 455 g/mol. The first-order valence-electron chi connectivity index (χ1n) is 10.7. The van der Waals surface area contributed by atoms with Gasteiger partial charge in [-0.05, 0) is 43.9 Å². The van der Waals surface area contributed by atoms with Crippen LogP contribution in [0.15, 0.2) is 0 Å². The zero-order valence-electron chi connectivity index (χ0n) is 17.2. The Morgan fingerprint density at radius 3 is 2.13 bits per heavy atom. The fourth-order valence-corrected chi connectivity index (χ4v) is 6.11. The van der Waals surface area contributed by atoms with Gasteiger partial charge in [-0.1, -0.05) is 0 Å². The van der Waals surface area contributed by atoms with Crippen molar-refractivity contribution in [2.24, 2.45) is 11.8 Å². The highest BCUT2D eigenvalue weighted by Crippen LogP contribution is 2.46. The zero-order valence-corrected chi connectivity index (χ0v) is 18.0. The molecule has 10 heteroatoms. The van der Waals surface area contributed by atoms with Gasteiger partial charge in [-0.3, -0.25) is 0 Å². The van der Waals surface area contributed by atoms with Crippen LogP contribution in [0.5, 0.6) is 0 Å². The summed E-state index contributed by atoms with van der Waals surface area (Å²) in [7, 11) is 0. The molecule has 4 aliphatic rings. The molecule has 0 radical (unpaired) electrons. The number of carbonyl (C=O) groups is 1. The normalized spacial score (nSPS) is 28.0. The van der Waals surface area contributed by atoms with Gasteiger partial charge in [-0.15, -0.1) is 11.8 Å². The molecule has 0 bridgehead atoms. The Bertz CT molecular complexity index is 547. The van der Waals surface area contributed by atoms with E-state index in [1.165, 1.54) is 57.5 Å². The second-order valence-corrected chi connectivity index (χ2v) is 10.2. The van der Waals surface area contributed by atoms with E-state index in [9.17, 15) is 13.2 Å². The first-order valence-corrected chi connectivity index (χ1v) is 11.7. The second kappa shape index (κ2) is 10.8. The molecule has 0 saturated carbocycles. The number of ether oxygens (including phenoxy) is 3. The van der Waals surface area contributed by atoms with E-state index in [-0.39, 0.29) is 0 Å². The van der Waals surface area contributed by atoms with E-state index in [0.717, 1.165) is 44.9 Å². The molecule has 1 unspecified atom stereocenters. The molecule has 30 heavy (non-hydrogen) atoms. The number of likely N-dealkylation sites (tertiary alicyclic amines) is 1. The van der Waals surface area contributed by atoms with Crippen molar-refractivity contribution in [1.82, 2.24) is 4.90 Å². The Hall–Kier alpha value is -0.550. The molecular weight excluding hydrogens is 423 g/mol. The molecule has 174 valence electrons. The molecule has 1 atom stereocenters. The number of carboxylic acid groups (broad SMARTS) is 1. The average molecular weight is 456 g/mol. The van der Waals surface area contributed by atoms with E-state index in [2.05, 4.69) is 16.7 Å². The van der Waals surface area contributed by atoms with Crippen molar-refractivity contribution in [2.45, 2.75) is 49.1 Å². The van der Waals surface area contributed by atoms with Gasteiger partial charge in [0.2, 0.25) is 0 Å². The quantitative estimate of drug-likeness (QED) is 0.683. The summed E-state index contributed by atoms with van der Waals surface area (Å²) in [6.45, 7) is 8.62. The Labute approximate surface area is 179 Å². The van der Waals surface area contributed by atoms with E-state index in [1.807, 2.05) is 0 Å². The molecule has 0 aromatic heterocycles. The van der Waals surface area contributed by atoms with E-state index in [4.69, 9.17) is 24.1 Å². The minimum absolute atomic E-state index is 0.494. The molecule has 0 aromatic carbocycles. The summed E-state index contributed by atoms with van der Waals surface area (Å²) in [6, 6.07) is 0. The summed E-state index contributed by atoms with van der Waals surface area (Å²) in [6.07, 6.45) is 1.56. The van der Waals surface area contributed by atoms with Crippen molar-refractivity contribution in [3.05, 3.63) is 0 Å². The summed E-state index contributed by atoms with van der Waals surface area (Å²) in [5.74, 6) is 0.0474. The lowest BCUT2D eigenvalue weighted by molar-refractivity contribution is -0.192. The molecule has 4 heterocycles. The third kappa shape index (κ3) is 7.25. The predicted octanol–water partition coefficient (Wildman–Crippen LogP) is 3.05. The van der Waals surface area contributed by atoms with Crippen LogP contribution in [0, 0.1) is 11.8 Å². The third-order valence-corrected chi connectivity index (χ3v) is 7.78. The number of nitrogens with zero attached hydrogens (tertiary/aromatic N) is 1. The van der Waals surface area contributed by atoms with Crippen molar-refractivity contribution in [3.63, 3.8) is 0 Å². The van der Waals surface area contributed by atoms with Crippen LogP contribution in [-0.4, -0.2) is 91.4 Å². The van der Waals surface area contributed by atoms with Gasteiger partial charge in [0.1, 0.15) is 0 Å². The summed E-state index contributed by atoms with van der Waals surface area (Å²) >= 11 is 2.18. The lowest BCUT2D eigenvalue weighted by Crippen LogP contribution is -2.59. The van der Waals surface area contributed by atoms with Gasteiger partial charge in [-0.25, -0.2) is 4.79 Å². The van der Waals surface area contributed by atoms with Gasteiger partial charge in [0, 0.05) is 63.2 Å². The standard InChI is InChI=1S/C18H31NO3S.C2HF3O2/c1-5-20-6-2-15(1)10-19-13-18(14-19)9-17(12-23-18)22-11-16-3-7-21-8-4-16;3-2(4,5)1(6)7/h15-17H,1-14H2;(H,6,7). The number of halogens is 3. The number of hydrogen-bond donors (Lipinski definition) is 1. The van der Waals surface area contributed by atoms with E-state index in [1.54, 1.807) is 0 Å². The van der Waals surface area contributed by atoms with Crippen molar-refractivity contribution in [3.8, 4) is 0 Å². The molecule has 6 nitrogen and oxygen atoms in total. The van der Waals surface area contributed by atoms with Crippen molar-refractivity contribution < 1.29 is 37.3 Å². The number of alkyl halides is 3. The van der Waals surface area contributed by atoms with Crippen LogP contribution in [-0.2, 0) is 19.0 Å². The Balaban J connectivity index is 0.000000318. The Kier molecular flexibility index (Phi) is 8.72. The smallest absolute Gasteiger partial charge is 0.475 e. The third-order valence-electron chi connectivity index (χ3n) is 6.21. The van der Waals surface area contributed by atoms with Crippen LogP contribution in [0.25, 0.3) is 0 Å². The fourth-order valence-electron chi connectivity index (χ4n) is 4.51. The number of carboxylic acids is 1. The maximum absolute atomic E-state index is 10.6. The molecule has 0 aromatic rings. The van der Waals surface area contributed by atoms with Gasteiger partial charge >= 0.3 is 12.1 Å². The largest absolute Gasteiger partial charge is 0.490 e. The maximum atomic E-state index is 10.6. The maximum Gasteiger partial charge on any atom is 0.490 e.